The van der Waals surface area contributed by atoms with E-state index in [1.807, 2.05) is 25.1 Å². The number of aromatic amines is 1. The average Bonchev–Trinajstić information content (AvgIpc) is 3.31. The van der Waals surface area contributed by atoms with Crippen LogP contribution in [0, 0.1) is 5.82 Å². The first kappa shape index (κ1) is 22.2. The fourth-order valence-electron chi connectivity index (χ4n) is 3.35. The first-order chi connectivity index (χ1) is 14.6. The predicted molar refractivity (Wildman–Crippen MR) is 122 cm³/mol. The van der Waals surface area contributed by atoms with Crippen molar-refractivity contribution in [1.29, 1.82) is 0 Å². The molecule has 0 unspecified atom stereocenters. The highest BCUT2D eigenvalue weighted by atomic mass is 32.1. The maximum absolute atomic E-state index is 14.3. The van der Waals surface area contributed by atoms with Gasteiger partial charge < -0.3 is 10.6 Å². The van der Waals surface area contributed by atoms with Crippen molar-refractivity contribution in [2.24, 2.45) is 0 Å². The lowest BCUT2D eigenvalue weighted by Gasteiger charge is -2.16. The molecule has 1 amide bonds. The molecule has 160 valence electrons. The van der Waals surface area contributed by atoms with Crippen LogP contribution in [0.5, 0.6) is 0 Å². The second-order valence-corrected chi connectivity index (χ2v) is 6.86. The van der Waals surface area contributed by atoms with Crippen molar-refractivity contribution in [1.82, 2.24) is 30.5 Å². The number of anilines is 1. The van der Waals surface area contributed by atoms with E-state index in [9.17, 15) is 9.18 Å². The highest BCUT2D eigenvalue weighted by Crippen LogP contribution is 2.28. The molecule has 0 aliphatic heterocycles. The number of fused-ring (bicyclic) bond motifs is 1. The number of halogens is 1. The van der Waals surface area contributed by atoms with Gasteiger partial charge in [-0.25, -0.2) is 14.4 Å². The van der Waals surface area contributed by atoms with Crippen molar-refractivity contribution < 1.29 is 9.18 Å². The number of aromatic nitrogens is 5. The summed E-state index contributed by atoms with van der Waals surface area (Å²) in [7, 11) is 1.48. The predicted octanol–water partition coefficient (Wildman–Crippen LogP) is 3.24. The molecule has 0 aliphatic rings. The summed E-state index contributed by atoms with van der Waals surface area (Å²) in [4.78, 5) is 24.9. The Morgan fingerprint density at radius 1 is 1.23 bits per heavy atom. The minimum absolute atomic E-state index is 0. The van der Waals surface area contributed by atoms with Gasteiger partial charge in [0.05, 0.1) is 29.2 Å². The lowest BCUT2D eigenvalue weighted by atomic mass is 9.96. The maximum atomic E-state index is 14.3. The van der Waals surface area contributed by atoms with E-state index in [0.29, 0.717) is 23.3 Å². The Morgan fingerprint density at radius 2 is 2.06 bits per heavy atom. The first-order valence-electron chi connectivity index (χ1n) is 9.42. The van der Waals surface area contributed by atoms with Gasteiger partial charge in [0.1, 0.15) is 12.1 Å². The molecule has 4 aromatic rings. The van der Waals surface area contributed by atoms with Crippen molar-refractivity contribution in [2.75, 3.05) is 18.9 Å². The van der Waals surface area contributed by atoms with Crippen LogP contribution in [0.2, 0.25) is 0 Å². The number of benzene rings is 1. The molecular weight excluding hydrogens is 417 g/mol. The van der Waals surface area contributed by atoms with Gasteiger partial charge >= 0.3 is 0 Å². The number of para-hydroxylation sites is 1. The molecule has 10 heteroatoms. The number of carbonyl (C=O) groups is 1. The number of pyridine rings is 1. The number of hydrogen-bond acceptors (Lipinski definition) is 6. The molecule has 0 aliphatic carbocycles. The molecule has 31 heavy (non-hydrogen) atoms. The van der Waals surface area contributed by atoms with Crippen LogP contribution >= 0.6 is 13.5 Å². The number of carbonyl (C=O) groups excluding carboxylic acids is 1. The summed E-state index contributed by atoms with van der Waals surface area (Å²) in [5, 5.41) is 13.0. The third-order valence-electron chi connectivity index (χ3n) is 4.92. The number of H-pyrrole nitrogens is 1. The molecule has 3 aromatic heterocycles. The molecule has 3 heterocycles. The van der Waals surface area contributed by atoms with Gasteiger partial charge in [0.25, 0.3) is 5.91 Å². The number of amides is 1. The Bertz CT molecular complexity index is 1200. The minimum atomic E-state index is -0.641. The normalized spacial score (nSPS) is 11.6. The van der Waals surface area contributed by atoms with E-state index in [1.54, 1.807) is 18.5 Å². The van der Waals surface area contributed by atoms with Crippen LogP contribution in [0.3, 0.4) is 0 Å². The van der Waals surface area contributed by atoms with Crippen LogP contribution in [0.4, 0.5) is 10.2 Å². The summed E-state index contributed by atoms with van der Waals surface area (Å²) >= 11 is 0. The molecule has 0 fully saturated rings. The van der Waals surface area contributed by atoms with E-state index < -0.39 is 11.7 Å². The monoisotopic (exact) mass is 439 g/mol. The van der Waals surface area contributed by atoms with Gasteiger partial charge in [-0.1, -0.05) is 25.1 Å². The summed E-state index contributed by atoms with van der Waals surface area (Å²) in [6.45, 7) is 2.60. The summed E-state index contributed by atoms with van der Waals surface area (Å²) in [6, 6.07) is 7.30. The molecule has 1 atom stereocenters. The summed E-state index contributed by atoms with van der Waals surface area (Å²) in [5.74, 6) is -0.414. The zero-order chi connectivity index (χ0) is 21.1. The van der Waals surface area contributed by atoms with Gasteiger partial charge in [0.2, 0.25) is 0 Å². The van der Waals surface area contributed by atoms with E-state index in [1.165, 1.54) is 13.4 Å². The van der Waals surface area contributed by atoms with Gasteiger partial charge in [-0.3, -0.25) is 14.9 Å². The number of nitrogens with one attached hydrogen (secondary N) is 3. The molecule has 0 bridgehead atoms. The van der Waals surface area contributed by atoms with Crippen molar-refractivity contribution in [2.45, 2.75) is 12.8 Å². The fraction of sp³-hybridized carbons (Fsp3) is 0.190. The largest absolute Gasteiger partial charge is 0.369 e. The van der Waals surface area contributed by atoms with Gasteiger partial charge in [0, 0.05) is 42.7 Å². The van der Waals surface area contributed by atoms with E-state index in [4.69, 9.17) is 0 Å². The summed E-state index contributed by atoms with van der Waals surface area (Å²) < 4.78 is 14.3. The lowest BCUT2D eigenvalue weighted by Crippen LogP contribution is -2.20. The van der Waals surface area contributed by atoms with Crippen molar-refractivity contribution in [3.8, 4) is 11.3 Å². The van der Waals surface area contributed by atoms with Crippen LogP contribution in [-0.4, -0.2) is 44.6 Å². The lowest BCUT2D eigenvalue weighted by molar-refractivity contribution is 0.0961. The van der Waals surface area contributed by atoms with E-state index in [-0.39, 0.29) is 25.0 Å². The SMILES string of the molecule is CNC(=O)c1c(F)cnc2c([C@H](C)CNc3cc(-c4cn[nH]c4)ncn3)cccc12.S. The molecular formula is C21H22FN7OS. The highest BCUT2D eigenvalue weighted by molar-refractivity contribution is 7.59. The molecule has 3 N–H and O–H groups in total. The van der Waals surface area contributed by atoms with E-state index in [0.717, 1.165) is 23.0 Å². The van der Waals surface area contributed by atoms with Gasteiger partial charge in [-0.15, -0.1) is 0 Å². The second-order valence-electron chi connectivity index (χ2n) is 6.86. The van der Waals surface area contributed by atoms with Crippen LogP contribution < -0.4 is 10.6 Å². The van der Waals surface area contributed by atoms with Crippen LogP contribution in [0.15, 0.2) is 49.2 Å². The summed E-state index contributed by atoms with van der Waals surface area (Å²) in [5.41, 5.74) is 3.15. The van der Waals surface area contributed by atoms with E-state index >= 15 is 0 Å². The van der Waals surface area contributed by atoms with Crippen molar-refractivity contribution >= 4 is 36.1 Å². The Morgan fingerprint density at radius 3 is 2.81 bits per heavy atom. The minimum Gasteiger partial charge on any atom is -0.369 e. The molecule has 0 saturated heterocycles. The van der Waals surface area contributed by atoms with Crippen LogP contribution in [0.1, 0.15) is 28.8 Å². The van der Waals surface area contributed by atoms with E-state index in [2.05, 4.69) is 35.8 Å². The second kappa shape index (κ2) is 9.52. The maximum Gasteiger partial charge on any atom is 0.254 e. The molecule has 0 saturated carbocycles. The fourth-order valence-corrected chi connectivity index (χ4v) is 3.35. The molecule has 0 radical (unpaired) electrons. The average molecular weight is 440 g/mol. The van der Waals surface area contributed by atoms with Crippen LogP contribution in [0.25, 0.3) is 22.2 Å². The molecule has 4 rings (SSSR count). The standard InChI is InChI=1S/C21H20FN7O.H2S/c1-12(7-24-18-6-17(26-11-27-18)13-8-28-29-9-13)14-4-3-5-15-19(21(30)23-2)16(22)10-25-20(14)15;/h3-6,8-12H,7H2,1-2H3,(H,23,30)(H,28,29)(H,24,26,27);1H2/t12-;/m1./s1. The Labute approximate surface area is 185 Å². The third-order valence-corrected chi connectivity index (χ3v) is 4.92. The van der Waals surface area contributed by atoms with Gasteiger partial charge in [-0.05, 0) is 5.56 Å². The van der Waals surface area contributed by atoms with Crippen LogP contribution in [-0.2, 0) is 0 Å². The quantitative estimate of drug-likeness (QED) is 0.426. The number of hydrogen-bond donors (Lipinski definition) is 3. The van der Waals surface area contributed by atoms with Crippen molar-refractivity contribution in [3.63, 3.8) is 0 Å². The van der Waals surface area contributed by atoms with Gasteiger partial charge in [-0.2, -0.15) is 18.6 Å². The summed E-state index contributed by atoms with van der Waals surface area (Å²) in [6.07, 6.45) is 6.05. The topological polar surface area (TPSA) is 108 Å². The Balaban J connectivity index is 0.00000272. The number of rotatable bonds is 6. The molecule has 0 spiro atoms. The van der Waals surface area contributed by atoms with Crippen molar-refractivity contribution in [3.05, 3.63) is 66.1 Å². The first-order valence-corrected chi connectivity index (χ1v) is 9.42. The van der Waals surface area contributed by atoms with Gasteiger partial charge in [0.15, 0.2) is 5.82 Å². The zero-order valence-corrected chi connectivity index (χ0v) is 18.0. The smallest absolute Gasteiger partial charge is 0.254 e. The zero-order valence-electron chi connectivity index (χ0n) is 17.0. The third kappa shape index (κ3) is 4.48. The highest BCUT2D eigenvalue weighted by Gasteiger charge is 2.19. The Hall–Kier alpha value is -3.53. The Kier molecular flexibility index (Phi) is 6.81. The number of nitrogens with zero attached hydrogens (tertiary/aromatic N) is 4. The molecule has 1 aromatic carbocycles. The molecule has 8 nitrogen and oxygen atoms in total.